The van der Waals surface area contributed by atoms with Crippen molar-refractivity contribution in [3.8, 4) is 0 Å². The molecule has 0 saturated carbocycles. The number of ether oxygens (including phenoxy) is 2. The highest BCUT2D eigenvalue weighted by Gasteiger charge is 2.14. The van der Waals surface area contributed by atoms with Gasteiger partial charge < -0.3 is 14.8 Å². The first-order valence-electron chi connectivity index (χ1n) is 6.61. The summed E-state index contributed by atoms with van der Waals surface area (Å²) in [6.07, 6.45) is -0.861. The molecule has 0 atom stereocenters. The van der Waals surface area contributed by atoms with Gasteiger partial charge in [-0.05, 0) is 31.2 Å². The van der Waals surface area contributed by atoms with Crippen LogP contribution in [0.4, 0.5) is 5.69 Å². The van der Waals surface area contributed by atoms with Crippen molar-refractivity contribution < 1.29 is 28.7 Å². The molecule has 118 valence electrons. The summed E-state index contributed by atoms with van der Waals surface area (Å²) in [5.41, 5.74) is 0.797. The number of methoxy groups -OCH3 is 1. The number of ketones is 1. The molecule has 7 nitrogen and oxygen atoms in total. The van der Waals surface area contributed by atoms with Crippen LogP contribution in [0, 0.1) is 0 Å². The summed E-state index contributed by atoms with van der Waals surface area (Å²) in [4.78, 5) is 45.4. The third-order valence-electron chi connectivity index (χ3n) is 2.61. The second kappa shape index (κ2) is 8.56. The summed E-state index contributed by atoms with van der Waals surface area (Å²) < 4.78 is 9.18. The van der Waals surface area contributed by atoms with Crippen molar-refractivity contribution >= 4 is 29.3 Å². The van der Waals surface area contributed by atoms with Crippen LogP contribution in [0.2, 0.25) is 0 Å². The normalized spacial score (nSPS) is 9.73. The fraction of sp³-hybridized carbons (Fsp3) is 0.333. The van der Waals surface area contributed by atoms with Gasteiger partial charge in [0.1, 0.15) is 6.42 Å². The Hall–Kier alpha value is -2.70. The molecule has 1 aromatic carbocycles. The number of anilines is 1. The van der Waals surface area contributed by atoms with Crippen molar-refractivity contribution in [2.24, 2.45) is 0 Å². The van der Waals surface area contributed by atoms with E-state index in [0.717, 1.165) is 0 Å². The topological polar surface area (TPSA) is 98.8 Å². The molecule has 0 saturated heterocycles. The van der Waals surface area contributed by atoms with Crippen LogP contribution in [-0.4, -0.2) is 37.3 Å². The highest BCUT2D eigenvalue weighted by Crippen LogP contribution is 2.11. The summed E-state index contributed by atoms with van der Waals surface area (Å²) in [6, 6.07) is 6.05. The van der Waals surface area contributed by atoms with Crippen molar-refractivity contribution in [2.45, 2.75) is 19.8 Å². The molecule has 0 aliphatic rings. The molecule has 22 heavy (non-hydrogen) atoms. The quantitative estimate of drug-likeness (QED) is 0.602. The third kappa shape index (κ3) is 5.74. The van der Waals surface area contributed by atoms with Crippen molar-refractivity contribution in [1.29, 1.82) is 0 Å². The summed E-state index contributed by atoms with van der Waals surface area (Å²) in [5.74, 6) is -2.21. The van der Waals surface area contributed by atoms with Crippen LogP contribution in [0.1, 0.15) is 30.1 Å². The number of esters is 2. The smallest absolute Gasteiger partial charge is 0.338 e. The predicted molar refractivity (Wildman–Crippen MR) is 77.3 cm³/mol. The SMILES string of the molecule is CCOC(=O)c1ccc(NC(=O)CC(=O)CC(=O)OC)cc1. The van der Waals surface area contributed by atoms with E-state index in [9.17, 15) is 19.2 Å². The maximum absolute atomic E-state index is 11.6. The number of carbonyl (C=O) groups excluding carboxylic acids is 4. The number of benzene rings is 1. The Bertz CT molecular complexity index is 564. The molecule has 1 amide bonds. The maximum atomic E-state index is 11.6. The van der Waals surface area contributed by atoms with Gasteiger partial charge in [0.25, 0.3) is 0 Å². The molecule has 0 aromatic heterocycles. The van der Waals surface area contributed by atoms with Gasteiger partial charge in [-0.15, -0.1) is 0 Å². The maximum Gasteiger partial charge on any atom is 0.338 e. The van der Waals surface area contributed by atoms with Gasteiger partial charge in [-0.2, -0.15) is 0 Å². The number of nitrogens with one attached hydrogen (secondary N) is 1. The van der Waals surface area contributed by atoms with Gasteiger partial charge >= 0.3 is 11.9 Å². The molecule has 0 radical (unpaired) electrons. The number of amides is 1. The molecule has 7 heteroatoms. The van der Waals surface area contributed by atoms with Crippen LogP contribution in [0.5, 0.6) is 0 Å². The number of hydrogen-bond acceptors (Lipinski definition) is 6. The zero-order chi connectivity index (χ0) is 16.5. The first-order valence-corrected chi connectivity index (χ1v) is 6.61. The average Bonchev–Trinajstić information content (AvgIpc) is 2.47. The molecule has 1 aromatic rings. The largest absolute Gasteiger partial charge is 0.469 e. The molecular weight excluding hydrogens is 290 g/mol. The van der Waals surface area contributed by atoms with Gasteiger partial charge in [0.2, 0.25) is 5.91 Å². The van der Waals surface area contributed by atoms with Crippen LogP contribution < -0.4 is 5.32 Å². The molecule has 0 aliphatic carbocycles. The van der Waals surface area contributed by atoms with E-state index in [1.54, 1.807) is 6.92 Å². The summed E-state index contributed by atoms with van der Waals surface area (Å²) in [5, 5.41) is 2.50. The minimum atomic E-state index is -0.684. The lowest BCUT2D eigenvalue weighted by atomic mass is 10.2. The van der Waals surface area contributed by atoms with Crippen LogP contribution in [0.15, 0.2) is 24.3 Å². The third-order valence-corrected chi connectivity index (χ3v) is 2.61. The summed E-state index contributed by atoms with van der Waals surface area (Å²) in [6.45, 7) is 1.98. The lowest BCUT2D eigenvalue weighted by molar-refractivity contribution is -0.143. The Labute approximate surface area is 127 Å². The Morgan fingerprint density at radius 1 is 1.05 bits per heavy atom. The van der Waals surface area contributed by atoms with Crippen molar-refractivity contribution in [1.82, 2.24) is 0 Å². The van der Waals surface area contributed by atoms with Crippen LogP contribution in [-0.2, 0) is 23.9 Å². The minimum Gasteiger partial charge on any atom is -0.469 e. The Morgan fingerprint density at radius 3 is 2.23 bits per heavy atom. The first-order chi connectivity index (χ1) is 10.5. The molecule has 0 unspecified atom stereocenters. The van der Waals surface area contributed by atoms with Crippen LogP contribution in [0.3, 0.4) is 0 Å². The standard InChI is InChI=1S/C15H17NO6/c1-3-22-15(20)10-4-6-11(7-5-10)16-13(18)8-12(17)9-14(19)21-2/h4-7H,3,8-9H2,1-2H3,(H,16,18). The number of rotatable bonds is 7. The lowest BCUT2D eigenvalue weighted by Crippen LogP contribution is -2.19. The highest BCUT2D eigenvalue weighted by atomic mass is 16.5. The number of Topliss-reactive ketones (excluding diaryl/α,β-unsaturated/α-hetero) is 1. The van der Waals surface area contributed by atoms with E-state index in [0.29, 0.717) is 11.3 Å². The van der Waals surface area contributed by atoms with Crippen LogP contribution >= 0.6 is 0 Å². The molecule has 0 heterocycles. The van der Waals surface area contributed by atoms with Crippen molar-refractivity contribution in [3.05, 3.63) is 29.8 Å². The van der Waals surface area contributed by atoms with E-state index in [1.807, 2.05) is 0 Å². The Kier molecular flexibility index (Phi) is 6.75. The predicted octanol–water partition coefficient (Wildman–Crippen LogP) is 1.32. The van der Waals surface area contributed by atoms with E-state index in [4.69, 9.17) is 4.74 Å². The molecule has 1 N–H and O–H groups in total. The van der Waals surface area contributed by atoms with E-state index < -0.39 is 36.5 Å². The van der Waals surface area contributed by atoms with Gasteiger partial charge in [0, 0.05) is 5.69 Å². The Balaban J connectivity index is 2.53. The fourth-order valence-corrected chi connectivity index (χ4v) is 1.58. The van der Waals surface area contributed by atoms with Gasteiger partial charge in [-0.1, -0.05) is 0 Å². The zero-order valence-electron chi connectivity index (χ0n) is 12.4. The van der Waals surface area contributed by atoms with Gasteiger partial charge in [0.15, 0.2) is 5.78 Å². The zero-order valence-corrected chi connectivity index (χ0v) is 12.4. The molecule has 0 aliphatic heterocycles. The minimum absolute atomic E-state index is 0.277. The summed E-state index contributed by atoms with van der Waals surface area (Å²) >= 11 is 0. The molecule has 0 spiro atoms. The average molecular weight is 307 g/mol. The molecule has 0 fully saturated rings. The molecule has 1 rings (SSSR count). The van der Waals surface area contributed by atoms with E-state index in [2.05, 4.69) is 10.1 Å². The van der Waals surface area contributed by atoms with Gasteiger partial charge in [-0.25, -0.2) is 4.79 Å². The lowest BCUT2D eigenvalue weighted by Gasteiger charge is -2.06. The Morgan fingerprint density at radius 2 is 1.68 bits per heavy atom. The number of hydrogen-bond donors (Lipinski definition) is 1. The van der Waals surface area contributed by atoms with Gasteiger partial charge in [0.05, 0.1) is 25.7 Å². The highest BCUT2D eigenvalue weighted by molar-refractivity contribution is 6.08. The second-order valence-electron chi connectivity index (χ2n) is 4.31. The monoisotopic (exact) mass is 307 g/mol. The molecule has 0 bridgehead atoms. The van der Waals surface area contributed by atoms with Crippen molar-refractivity contribution in [3.63, 3.8) is 0 Å². The van der Waals surface area contributed by atoms with Crippen LogP contribution in [0.25, 0.3) is 0 Å². The fourth-order valence-electron chi connectivity index (χ4n) is 1.58. The number of carbonyl (C=O) groups is 4. The van der Waals surface area contributed by atoms with Gasteiger partial charge in [-0.3, -0.25) is 14.4 Å². The van der Waals surface area contributed by atoms with E-state index in [-0.39, 0.29) is 6.61 Å². The van der Waals surface area contributed by atoms with E-state index >= 15 is 0 Å². The van der Waals surface area contributed by atoms with E-state index in [1.165, 1.54) is 31.4 Å². The molecular formula is C15H17NO6. The van der Waals surface area contributed by atoms with Crippen molar-refractivity contribution in [2.75, 3.05) is 19.0 Å². The second-order valence-corrected chi connectivity index (χ2v) is 4.31. The first kappa shape index (κ1) is 17.4. The summed E-state index contributed by atoms with van der Waals surface area (Å²) in [7, 11) is 1.17.